The summed E-state index contributed by atoms with van der Waals surface area (Å²) in [6.07, 6.45) is -8.70. The molecule has 0 aliphatic heterocycles. The molecule has 0 fully saturated rings. The van der Waals surface area contributed by atoms with Crippen molar-refractivity contribution in [1.82, 2.24) is 9.55 Å². The predicted octanol–water partition coefficient (Wildman–Crippen LogP) is 7.61. The molecule has 4 aromatic rings. The van der Waals surface area contributed by atoms with E-state index in [1.54, 1.807) is 0 Å². The van der Waals surface area contributed by atoms with Crippen molar-refractivity contribution < 1.29 is 35.8 Å². The Morgan fingerprint density at radius 2 is 1.33 bits per heavy atom. The maximum atomic E-state index is 14.3. The van der Waals surface area contributed by atoms with Crippen LogP contribution in [0.4, 0.5) is 30.7 Å². The van der Waals surface area contributed by atoms with Gasteiger partial charge in [0, 0.05) is 17.3 Å². The first-order valence-corrected chi connectivity index (χ1v) is 10.6. The Kier molecular flexibility index (Phi) is 6.20. The van der Waals surface area contributed by atoms with Gasteiger partial charge in [0.1, 0.15) is 17.2 Å². The van der Waals surface area contributed by atoms with E-state index in [-0.39, 0.29) is 16.8 Å². The normalized spacial score (nSPS) is 12.7. The van der Waals surface area contributed by atoms with Crippen molar-refractivity contribution in [1.29, 1.82) is 0 Å². The van der Waals surface area contributed by atoms with E-state index in [0.29, 0.717) is 0 Å². The molecule has 4 rings (SSSR count). The molecule has 36 heavy (non-hydrogen) atoms. The van der Waals surface area contributed by atoms with Gasteiger partial charge >= 0.3 is 12.4 Å². The standard InChI is InChI=1S/C26H19F7N2O/c1-24(2,36)22-14-35(23(34-22)17-8-3-5-9-18(17)25(28,29)30)21-12-11-15(13-19(21)26(31,32)33)16-7-4-6-10-20(16)27/h3-14,36H,1-2H3. The molecule has 0 radical (unpaired) electrons. The Morgan fingerprint density at radius 1 is 0.750 bits per heavy atom. The summed E-state index contributed by atoms with van der Waals surface area (Å²) in [6, 6.07) is 12.7. The van der Waals surface area contributed by atoms with Crippen LogP contribution in [-0.4, -0.2) is 14.7 Å². The molecule has 1 heterocycles. The summed E-state index contributed by atoms with van der Waals surface area (Å²) in [5.74, 6) is -1.17. The van der Waals surface area contributed by atoms with Gasteiger partial charge in [0.2, 0.25) is 0 Å². The van der Waals surface area contributed by atoms with Gasteiger partial charge in [0.05, 0.1) is 22.5 Å². The van der Waals surface area contributed by atoms with Gasteiger partial charge in [-0.25, -0.2) is 9.37 Å². The van der Waals surface area contributed by atoms with E-state index in [9.17, 15) is 35.8 Å². The molecule has 0 spiro atoms. The third-order valence-corrected chi connectivity index (χ3v) is 5.55. The Hall–Kier alpha value is -3.66. The molecule has 3 nitrogen and oxygen atoms in total. The number of benzene rings is 3. The second kappa shape index (κ2) is 8.77. The van der Waals surface area contributed by atoms with E-state index in [1.807, 2.05) is 0 Å². The smallest absolute Gasteiger partial charge is 0.384 e. The molecule has 0 amide bonds. The fourth-order valence-corrected chi connectivity index (χ4v) is 3.81. The van der Waals surface area contributed by atoms with E-state index >= 15 is 0 Å². The molecule has 0 aliphatic carbocycles. The van der Waals surface area contributed by atoms with Crippen LogP contribution in [0.3, 0.4) is 0 Å². The zero-order valence-corrected chi connectivity index (χ0v) is 18.9. The molecule has 0 atom stereocenters. The topological polar surface area (TPSA) is 38.0 Å². The Balaban J connectivity index is 2.03. The van der Waals surface area contributed by atoms with Crippen LogP contribution in [0.5, 0.6) is 0 Å². The van der Waals surface area contributed by atoms with Crippen LogP contribution in [0.2, 0.25) is 0 Å². The van der Waals surface area contributed by atoms with Gasteiger partial charge in [-0.3, -0.25) is 4.57 Å². The molecule has 10 heteroatoms. The monoisotopic (exact) mass is 508 g/mol. The molecule has 1 N–H and O–H groups in total. The van der Waals surface area contributed by atoms with Crippen LogP contribution in [0.25, 0.3) is 28.2 Å². The van der Waals surface area contributed by atoms with Gasteiger partial charge in [-0.1, -0.05) is 42.5 Å². The minimum absolute atomic E-state index is 0.0655. The third-order valence-electron chi connectivity index (χ3n) is 5.55. The van der Waals surface area contributed by atoms with Crippen LogP contribution in [0.1, 0.15) is 30.7 Å². The van der Waals surface area contributed by atoms with Crippen LogP contribution < -0.4 is 0 Å². The van der Waals surface area contributed by atoms with E-state index in [1.165, 1.54) is 44.2 Å². The third kappa shape index (κ3) is 4.86. The molecule has 1 aromatic heterocycles. The zero-order chi connectivity index (χ0) is 26.5. The number of imidazole rings is 1. The Labute approximate surface area is 201 Å². The quantitative estimate of drug-likeness (QED) is 0.288. The minimum atomic E-state index is -4.95. The van der Waals surface area contributed by atoms with Crippen molar-refractivity contribution in [3.05, 3.63) is 95.6 Å². The second-order valence-electron chi connectivity index (χ2n) is 8.63. The Bertz CT molecular complexity index is 1410. The van der Waals surface area contributed by atoms with Gasteiger partial charge < -0.3 is 5.11 Å². The van der Waals surface area contributed by atoms with Crippen LogP contribution in [0, 0.1) is 5.82 Å². The number of aliphatic hydroxyl groups is 1. The second-order valence-corrected chi connectivity index (χ2v) is 8.63. The summed E-state index contributed by atoms with van der Waals surface area (Å²) >= 11 is 0. The summed E-state index contributed by atoms with van der Waals surface area (Å²) in [7, 11) is 0. The van der Waals surface area contributed by atoms with Crippen molar-refractivity contribution >= 4 is 0 Å². The lowest BCUT2D eigenvalue weighted by atomic mass is 10.0. The molecule has 0 saturated carbocycles. The van der Waals surface area contributed by atoms with Crippen molar-refractivity contribution in [3.63, 3.8) is 0 Å². The van der Waals surface area contributed by atoms with Gasteiger partial charge in [0.25, 0.3) is 0 Å². The van der Waals surface area contributed by atoms with Crippen molar-refractivity contribution in [2.45, 2.75) is 31.8 Å². The molecule has 0 unspecified atom stereocenters. The van der Waals surface area contributed by atoms with Crippen LogP contribution in [0.15, 0.2) is 72.9 Å². The fourth-order valence-electron chi connectivity index (χ4n) is 3.81. The van der Waals surface area contributed by atoms with E-state index in [2.05, 4.69) is 4.98 Å². The predicted molar refractivity (Wildman–Crippen MR) is 120 cm³/mol. The molecule has 0 aliphatic rings. The largest absolute Gasteiger partial charge is 0.418 e. The molecular weight excluding hydrogens is 489 g/mol. The number of rotatable bonds is 4. The molecule has 0 bridgehead atoms. The lowest BCUT2D eigenvalue weighted by molar-refractivity contribution is -0.138. The fraction of sp³-hybridized carbons (Fsp3) is 0.192. The number of alkyl halides is 6. The first-order valence-electron chi connectivity index (χ1n) is 10.6. The minimum Gasteiger partial charge on any atom is -0.384 e. The highest BCUT2D eigenvalue weighted by Gasteiger charge is 2.38. The lowest BCUT2D eigenvalue weighted by Crippen LogP contribution is -2.16. The van der Waals surface area contributed by atoms with Crippen molar-refractivity contribution in [2.75, 3.05) is 0 Å². The SMILES string of the molecule is CC(C)(O)c1cn(-c2ccc(-c3ccccc3F)cc2C(F)(F)F)c(-c2ccccc2C(F)(F)F)n1. The first kappa shape index (κ1) is 25.4. The number of halogens is 7. The molecule has 188 valence electrons. The maximum Gasteiger partial charge on any atom is 0.418 e. The highest BCUT2D eigenvalue weighted by molar-refractivity contribution is 5.70. The van der Waals surface area contributed by atoms with Gasteiger partial charge in [-0.15, -0.1) is 0 Å². The highest BCUT2D eigenvalue weighted by atomic mass is 19.4. The first-order chi connectivity index (χ1) is 16.7. The summed E-state index contributed by atoms with van der Waals surface area (Å²) in [4.78, 5) is 4.11. The average molecular weight is 508 g/mol. The van der Waals surface area contributed by atoms with E-state index < -0.39 is 52.0 Å². The average Bonchev–Trinajstić information content (AvgIpc) is 3.24. The summed E-state index contributed by atoms with van der Waals surface area (Å²) < 4.78 is 99.1. The summed E-state index contributed by atoms with van der Waals surface area (Å²) in [5, 5.41) is 10.4. The van der Waals surface area contributed by atoms with Crippen LogP contribution in [-0.2, 0) is 18.0 Å². The zero-order valence-electron chi connectivity index (χ0n) is 18.9. The number of hydrogen-bond donors (Lipinski definition) is 1. The lowest BCUT2D eigenvalue weighted by Gasteiger charge is -2.18. The van der Waals surface area contributed by atoms with E-state index in [0.717, 1.165) is 47.2 Å². The van der Waals surface area contributed by atoms with Gasteiger partial charge in [-0.05, 0) is 43.7 Å². The number of aromatic nitrogens is 2. The van der Waals surface area contributed by atoms with Crippen molar-refractivity contribution in [2.24, 2.45) is 0 Å². The van der Waals surface area contributed by atoms with E-state index in [4.69, 9.17) is 0 Å². The highest BCUT2D eigenvalue weighted by Crippen LogP contribution is 2.42. The summed E-state index contributed by atoms with van der Waals surface area (Å²) in [5.41, 5.74) is -5.25. The van der Waals surface area contributed by atoms with Gasteiger partial charge in [0.15, 0.2) is 0 Å². The maximum absolute atomic E-state index is 14.3. The van der Waals surface area contributed by atoms with Crippen molar-refractivity contribution in [3.8, 4) is 28.2 Å². The van der Waals surface area contributed by atoms with Crippen LogP contribution >= 0.6 is 0 Å². The molecule has 3 aromatic carbocycles. The summed E-state index contributed by atoms with van der Waals surface area (Å²) in [6.45, 7) is 2.62. The van der Waals surface area contributed by atoms with Gasteiger partial charge in [-0.2, -0.15) is 26.3 Å². The molecular formula is C26H19F7N2O. The number of nitrogens with zero attached hydrogens (tertiary/aromatic N) is 2. The Morgan fingerprint density at radius 3 is 1.92 bits per heavy atom. The number of hydrogen-bond acceptors (Lipinski definition) is 2. The molecule has 0 saturated heterocycles.